The minimum Gasteiger partial charge on any atom is -0.466 e. The molecule has 0 radical (unpaired) electrons. The number of carbonyl (C=O) groups is 1. The Hall–Kier alpha value is -0.830. The molecule has 0 rings (SSSR count). The van der Waals surface area contributed by atoms with E-state index in [-0.39, 0.29) is 12.6 Å². The molecule has 0 aliphatic carbocycles. The highest BCUT2D eigenvalue weighted by Gasteiger charge is 1.88. The van der Waals surface area contributed by atoms with Gasteiger partial charge in [0.05, 0.1) is 6.61 Å². The lowest BCUT2D eigenvalue weighted by Crippen LogP contribution is -1.98. The normalized spacial score (nSPS) is 10.6. The Kier molecular flexibility index (Phi) is 8.67. The fraction of sp³-hybridized carbons (Fsp3) is 0.700. The van der Waals surface area contributed by atoms with Crippen molar-refractivity contribution in [2.45, 2.75) is 32.6 Å². The van der Waals surface area contributed by atoms with Crippen molar-refractivity contribution in [3.63, 3.8) is 0 Å². The van der Waals surface area contributed by atoms with Crippen molar-refractivity contribution in [2.24, 2.45) is 0 Å². The zero-order valence-electron chi connectivity index (χ0n) is 8.16. The SMILES string of the molecule is CC(=O)OCC/C=C/CCCCO. The lowest BCUT2D eigenvalue weighted by atomic mass is 10.2. The van der Waals surface area contributed by atoms with E-state index >= 15 is 0 Å². The number of aliphatic hydroxyl groups excluding tert-OH is 1. The molecule has 0 bridgehead atoms. The van der Waals surface area contributed by atoms with E-state index < -0.39 is 0 Å². The molecule has 3 heteroatoms. The van der Waals surface area contributed by atoms with Crippen LogP contribution < -0.4 is 0 Å². The fourth-order valence-corrected chi connectivity index (χ4v) is 0.880. The summed E-state index contributed by atoms with van der Waals surface area (Å²) in [4.78, 5) is 10.3. The molecule has 0 amide bonds. The number of hydrogen-bond acceptors (Lipinski definition) is 3. The van der Waals surface area contributed by atoms with Gasteiger partial charge < -0.3 is 9.84 Å². The van der Waals surface area contributed by atoms with Gasteiger partial charge in [0.15, 0.2) is 0 Å². The summed E-state index contributed by atoms with van der Waals surface area (Å²) in [5, 5.41) is 8.49. The van der Waals surface area contributed by atoms with Gasteiger partial charge in [-0.3, -0.25) is 4.79 Å². The molecule has 0 heterocycles. The van der Waals surface area contributed by atoms with Crippen molar-refractivity contribution in [3.8, 4) is 0 Å². The third-order valence-corrected chi connectivity index (χ3v) is 1.54. The van der Waals surface area contributed by atoms with Crippen molar-refractivity contribution in [3.05, 3.63) is 12.2 Å². The first-order chi connectivity index (χ1) is 6.27. The van der Waals surface area contributed by atoms with E-state index in [1.807, 2.05) is 6.08 Å². The van der Waals surface area contributed by atoms with Crippen LogP contribution in [-0.4, -0.2) is 24.3 Å². The molecule has 0 atom stereocenters. The first kappa shape index (κ1) is 12.2. The summed E-state index contributed by atoms with van der Waals surface area (Å²) in [5.74, 6) is -0.228. The molecule has 13 heavy (non-hydrogen) atoms. The Labute approximate surface area is 79.4 Å². The van der Waals surface area contributed by atoms with Crippen LogP contribution in [0.5, 0.6) is 0 Å². The molecule has 0 unspecified atom stereocenters. The molecule has 0 aromatic rings. The van der Waals surface area contributed by atoms with E-state index in [0.29, 0.717) is 6.61 Å². The predicted molar refractivity (Wildman–Crippen MR) is 51.3 cm³/mol. The molecule has 0 saturated heterocycles. The van der Waals surface area contributed by atoms with Crippen molar-refractivity contribution in [2.75, 3.05) is 13.2 Å². The van der Waals surface area contributed by atoms with Crippen molar-refractivity contribution in [1.29, 1.82) is 0 Å². The number of ether oxygens (including phenoxy) is 1. The smallest absolute Gasteiger partial charge is 0.302 e. The standard InChI is InChI=1S/C10H18O3/c1-10(12)13-9-7-5-3-2-4-6-8-11/h3,5,11H,2,4,6-9H2,1H3/b5-3+. The summed E-state index contributed by atoms with van der Waals surface area (Å²) >= 11 is 0. The van der Waals surface area contributed by atoms with Crippen LogP contribution in [0, 0.1) is 0 Å². The number of carbonyl (C=O) groups excluding carboxylic acids is 1. The topological polar surface area (TPSA) is 46.5 Å². The van der Waals surface area contributed by atoms with Crippen molar-refractivity contribution in [1.82, 2.24) is 0 Å². The Morgan fingerprint density at radius 2 is 2.00 bits per heavy atom. The summed E-state index contributed by atoms with van der Waals surface area (Å²) in [6, 6.07) is 0. The molecule has 1 N–H and O–H groups in total. The average Bonchev–Trinajstić information content (AvgIpc) is 2.09. The van der Waals surface area contributed by atoms with E-state index in [1.165, 1.54) is 6.92 Å². The first-order valence-electron chi connectivity index (χ1n) is 4.66. The highest BCUT2D eigenvalue weighted by molar-refractivity contribution is 5.65. The highest BCUT2D eigenvalue weighted by atomic mass is 16.5. The Bertz CT molecular complexity index is 152. The molecular weight excluding hydrogens is 168 g/mol. The maximum atomic E-state index is 10.3. The number of hydrogen-bond donors (Lipinski definition) is 1. The van der Waals surface area contributed by atoms with Crippen molar-refractivity contribution >= 4 is 5.97 Å². The first-order valence-corrected chi connectivity index (χ1v) is 4.66. The number of allylic oxidation sites excluding steroid dienone is 1. The second kappa shape index (κ2) is 9.26. The zero-order chi connectivity index (χ0) is 9.94. The molecule has 0 aliphatic rings. The summed E-state index contributed by atoms with van der Waals surface area (Å²) in [7, 11) is 0. The molecular formula is C10H18O3. The van der Waals surface area contributed by atoms with Gasteiger partial charge in [0.1, 0.15) is 0 Å². The average molecular weight is 186 g/mol. The van der Waals surface area contributed by atoms with Gasteiger partial charge in [0, 0.05) is 13.5 Å². The van der Waals surface area contributed by atoms with Crippen LogP contribution in [0.25, 0.3) is 0 Å². The third kappa shape index (κ3) is 11.2. The maximum absolute atomic E-state index is 10.3. The van der Waals surface area contributed by atoms with Gasteiger partial charge in [-0.2, -0.15) is 0 Å². The van der Waals surface area contributed by atoms with Gasteiger partial charge in [0.25, 0.3) is 0 Å². The van der Waals surface area contributed by atoms with Gasteiger partial charge in [-0.25, -0.2) is 0 Å². The van der Waals surface area contributed by atoms with Crippen LogP contribution in [0.1, 0.15) is 32.6 Å². The molecule has 0 spiro atoms. The largest absolute Gasteiger partial charge is 0.466 e. The van der Waals surface area contributed by atoms with Gasteiger partial charge >= 0.3 is 5.97 Å². The molecule has 0 aliphatic heterocycles. The summed E-state index contributed by atoms with van der Waals surface area (Å²) in [5.41, 5.74) is 0. The second-order valence-corrected chi connectivity index (χ2v) is 2.82. The van der Waals surface area contributed by atoms with Crippen LogP contribution in [0.15, 0.2) is 12.2 Å². The second-order valence-electron chi connectivity index (χ2n) is 2.82. The predicted octanol–water partition coefficient (Wildman–Crippen LogP) is 1.66. The van der Waals surface area contributed by atoms with Gasteiger partial charge in [0.2, 0.25) is 0 Å². The lowest BCUT2D eigenvalue weighted by Gasteiger charge is -1.96. The number of rotatable bonds is 7. The minimum absolute atomic E-state index is 0.228. The number of unbranched alkanes of at least 4 members (excludes halogenated alkanes) is 2. The van der Waals surface area contributed by atoms with Gasteiger partial charge in [-0.1, -0.05) is 12.2 Å². The third-order valence-electron chi connectivity index (χ3n) is 1.54. The number of esters is 1. The van der Waals surface area contributed by atoms with Gasteiger partial charge in [-0.05, 0) is 25.7 Å². The monoisotopic (exact) mass is 186 g/mol. The van der Waals surface area contributed by atoms with Crippen LogP contribution in [0.4, 0.5) is 0 Å². The molecule has 0 aromatic heterocycles. The Balaban J connectivity index is 3.08. The molecule has 0 fully saturated rings. The highest BCUT2D eigenvalue weighted by Crippen LogP contribution is 1.96. The summed E-state index contributed by atoms with van der Waals surface area (Å²) < 4.78 is 4.74. The minimum atomic E-state index is -0.228. The molecule has 76 valence electrons. The molecule has 0 aromatic carbocycles. The maximum Gasteiger partial charge on any atom is 0.302 e. The van der Waals surface area contributed by atoms with E-state index in [1.54, 1.807) is 0 Å². The fourth-order valence-electron chi connectivity index (χ4n) is 0.880. The van der Waals surface area contributed by atoms with Gasteiger partial charge in [-0.15, -0.1) is 0 Å². The van der Waals surface area contributed by atoms with Crippen LogP contribution in [-0.2, 0) is 9.53 Å². The van der Waals surface area contributed by atoms with Crippen LogP contribution in [0.2, 0.25) is 0 Å². The summed E-state index contributed by atoms with van der Waals surface area (Å²) in [6.07, 6.45) is 7.69. The number of aliphatic hydroxyl groups is 1. The quantitative estimate of drug-likeness (QED) is 0.373. The Morgan fingerprint density at radius 1 is 1.31 bits per heavy atom. The van der Waals surface area contributed by atoms with Crippen LogP contribution >= 0.6 is 0 Å². The van der Waals surface area contributed by atoms with E-state index in [9.17, 15) is 4.79 Å². The van der Waals surface area contributed by atoms with E-state index in [2.05, 4.69) is 6.08 Å². The van der Waals surface area contributed by atoms with E-state index in [0.717, 1.165) is 25.7 Å². The Morgan fingerprint density at radius 3 is 2.62 bits per heavy atom. The van der Waals surface area contributed by atoms with Crippen molar-refractivity contribution < 1.29 is 14.6 Å². The summed E-state index contributed by atoms with van der Waals surface area (Å²) in [6.45, 7) is 2.14. The molecule has 3 nitrogen and oxygen atoms in total. The lowest BCUT2D eigenvalue weighted by molar-refractivity contribution is -0.140. The zero-order valence-corrected chi connectivity index (χ0v) is 8.16. The van der Waals surface area contributed by atoms with E-state index in [4.69, 9.17) is 9.84 Å². The van der Waals surface area contributed by atoms with Crippen LogP contribution in [0.3, 0.4) is 0 Å². The molecule has 0 saturated carbocycles.